The molecule has 0 aromatic rings. The molecule has 1 aliphatic heterocycles. The van der Waals surface area contributed by atoms with Gasteiger partial charge in [-0.15, -0.1) is 0 Å². The number of thiocarbonyl (C=S) groups is 1. The van der Waals surface area contributed by atoms with Crippen molar-refractivity contribution in [3.8, 4) is 0 Å². The highest BCUT2D eigenvalue weighted by Crippen LogP contribution is 2.27. The Labute approximate surface area is 110 Å². The summed E-state index contributed by atoms with van der Waals surface area (Å²) in [6, 6.07) is 0.836. The maximum Gasteiger partial charge on any atom is 0.0740 e. The summed E-state index contributed by atoms with van der Waals surface area (Å²) in [5, 5.41) is 0. The standard InChI is InChI=1S/C13H25N3S/c14-13(17)6-11-16(12-4-5-12)10-3-9-15-7-1-2-8-15/h12H,1-11H2,(H2,14,17). The Morgan fingerprint density at radius 1 is 1.24 bits per heavy atom. The first-order valence-electron chi connectivity index (χ1n) is 7.00. The van der Waals surface area contributed by atoms with Crippen molar-refractivity contribution in [1.29, 1.82) is 0 Å². The molecule has 1 saturated heterocycles. The van der Waals surface area contributed by atoms with Crippen LogP contribution in [0.2, 0.25) is 0 Å². The second kappa shape index (κ2) is 6.66. The SMILES string of the molecule is NC(=S)CCN(CCCN1CCCC1)C1CC1. The molecule has 3 nitrogen and oxygen atoms in total. The van der Waals surface area contributed by atoms with Crippen LogP contribution in [0.3, 0.4) is 0 Å². The first kappa shape index (κ1) is 13.2. The van der Waals surface area contributed by atoms with Crippen molar-refractivity contribution >= 4 is 17.2 Å². The Morgan fingerprint density at radius 3 is 2.53 bits per heavy atom. The van der Waals surface area contributed by atoms with E-state index in [2.05, 4.69) is 9.80 Å². The molecule has 0 radical (unpaired) electrons. The highest BCUT2D eigenvalue weighted by atomic mass is 32.1. The van der Waals surface area contributed by atoms with Gasteiger partial charge in [-0.1, -0.05) is 12.2 Å². The van der Waals surface area contributed by atoms with E-state index in [0.29, 0.717) is 4.99 Å². The predicted octanol–water partition coefficient (Wildman–Crippen LogP) is 1.61. The maximum atomic E-state index is 5.59. The van der Waals surface area contributed by atoms with E-state index in [1.165, 1.54) is 58.3 Å². The second-order valence-electron chi connectivity index (χ2n) is 5.39. The van der Waals surface area contributed by atoms with Gasteiger partial charge in [0.15, 0.2) is 0 Å². The van der Waals surface area contributed by atoms with Gasteiger partial charge in [-0.2, -0.15) is 0 Å². The number of hydrogen-bond donors (Lipinski definition) is 1. The van der Waals surface area contributed by atoms with Crippen LogP contribution in [0.15, 0.2) is 0 Å². The summed E-state index contributed by atoms with van der Waals surface area (Å²) < 4.78 is 0. The van der Waals surface area contributed by atoms with Crippen molar-refractivity contribution in [2.24, 2.45) is 5.73 Å². The van der Waals surface area contributed by atoms with E-state index < -0.39 is 0 Å². The normalized spacial score (nSPS) is 21.2. The molecule has 2 fully saturated rings. The Morgan fingerprint density at radius 2 is 1.94 bits per heavy atom. The molecule has 1 heterocycles. The number of rotatable bonds is 8. The third-order valence-electron chi connectivity index (χ3n) is 3.83. The first-order chi connectivity index (χ1) is 8.25. The van der Waals surface area contributed by atoms with Crippen LogP contribution in [0, 0.1) is 0 Å². The van der Waals surface area contributed by atoms with Gasteiger partial charge in [0, 0.05) is 19.0 Å². The summed E-state index contributed by atoms with van der Waals surface area (Å²) in [7, 11) is 0. The van der Waals surface area contributed by atoms with Crippen LogP contribution in [0.1, 0.15) is 38.5 Å². The zero-order valence-electron chi connectivity index (χ0n) is 10.7. The zero-order chi connectivity index (χ0) is 12.1. The van der Waals surface area contributed by atoms with Gasteiger partial charge in [-0.25, -0.2) is 0 Å². The fourth-order valence-electron chi connectivity index (χ4n) is 2.67. The molecular formula is C13H25N3S. The molecule has 2 N–H and O–H groups in total. The van der Waals surface area contributed by atoms with E-state index >= 15 is 0 Å². The Kier molecular flexibility index (Phi) is 5.19. The average molecular weight is 255 g/mol. The smallest absolute Gasteiger partial charge is 0.0740 e. The van der Waals surface area contributed by atoms with Crippen molar-refractivity contribution in [3.63, 3.8) is 0 Å². The van der Waals surface area contributed by atoms with Gasteiger partial charge in [0.25, 0.3) is 0 Å². The molecular weight excluding hydrogens is 230 g/mol. The third-order valence-corrected chi connectivity index (χ3v) is 4.03. The van der Waals surface area contributed by atoms with Crippen molar-refractivity contribution in [2.75, 3.05) is 32.7 Å². The molecule has 0 spiro atoms. The fourth-order valence-corrected chi connectivity index (χ4v) is 2.77. The van der Waals surface area contributed by atoms with Crippen molar-refractivity contribution < 1.29 is 0 Å². The van der Waals surface area contributed by atoms with Crippen LogP contribution in [0.5, 0.6) is 0 Å². The van der Waals surface area contributed by atoms with Crippen molar-refractivity contribution in [3.05, 3.63) is 0 Å². The molecule has 0 unspecified atom stereocenters. The van der Waals surface area contributed by atoms with Gasteiger partial charge in [-0.05, 0) is 58.3 Å². The second-order valence-corrected chi connectivity index (χ2v) is 5.91. The van der Waals surface area contributed by atoms with Gasteiger partial charge in [0.2, 0.25) is 0 Å². The summed E-state index contributed by atoms with van der Waals surface area (Å²) in [6.45, 7) is 6.20. The average Bonchev–Trinajstić information content (AvgIpc) is 3.00. The molecule has 98 valence electrons. The topological polar surface area (TPSA) is 32.5 Å². The highest BCUT2D eigenvalue weighted by Gasteiger charge is 2.28. The van der Waals surface area contributed by atoms with E-state index in [1.807, 2.05) is 0 Å². The summed E-state index contributed by atoms with van der Waals surface area (Å²) in [5.41, 5.74) is 5.59. The molecule has 0 aromatic heterocycles. The lowest BCUT2D eigenvalue weighted by atomic mass is 10.3. The lowest BCUT2D eigenvalue weighted by Gasteiger charge is -2.23. The Hall–Kier alpha value is -0.190. The van der Waals surface area contributed by atoms with Crippen LogP contribution in [0.4, 0.5) is 0 Å². The Bertz CT molecular complexity index is 247. The van der Waals surface area contributed by atoms with Gasteiger partial charge >= 0.3 is 0 Å². The minimum absolute atomic E-state index is 0.662. The first-order valence-corrected chi connectivity index (χ1v) is 7.41. The van der Waals surface area contributed by atoms with E-state index in [-0.39, 0.29) is 0 Å². The zero-order valence-corrected chi connectivity index (χ0v) is 11.6. The van der Waals surface area contributed by atoms with Gasteiger partial charge < -0.3 is 10.6 Å². The molecule has 2 rings (SSSR count). The quantitative estimate of drug-likeness (QED) is 0.668. The number of nitrogens with zero attached hydrogens (tertiary/aromatic N) is 2. The highest BCUT2D eigenvalue weighted by molar-refractivity contribution is 7.80. The number of nitrogens with two attached hydrogens (primary N) is 1. The lowest BCUT2D eigenvalue weighted by Crippen LogP contribution is -2.32. The van der Waals surface area contributed by atoms with E-state index in [9.17, 15) is 0 Å². The summed E-state index contributed by atoms with van der Waals surface area (Å²) >= 11 is 4.96. The largest absolute Gasteiger partial charge is 0.393 e. The van der Waals surface area contributed by atoms with E-state index in [1.54, 1.807) is 0 Å². The molecule has 0 atom stereocenters. The van der Waals surface area contributed by atoms with Gasteiger partial charge in [0.1, 0.15) is 0 Å². The Balaban J connectivity index is 1.61. The summed E-state index contributed by atoms with van der Waals surface area (Å²) in [6.07, 6.45) is 7.73. The summed E-state index contributed by atoms with van der Waals surface area (Å²) in [4.78, 5) is 5.85. The lowest BCUT2D eigenvalue weighted by molar-refractivity contribution is 0.242. The molecule has 0 aromatic carbocycles. The van der Waals surface area contributed by atoms with Crippen LogP contribution >= 0.6 is 12.2 Å². The van der Waals surface area contributed by atoms with Crippen molar-refractivity contribution in [2.45, 2.75) is 44.6 Å². The molecule has 1 aliphatic carbocycles. The van der Waals surface area contributed by atoms with Crippen LogP contribution in [-0.2, 0) is 0 Å². The molecule has 4 heteroatoms. The number of hydrogen-bond acceptors (Lipinski definition) is 3. The summed E-state index contributed by atoms with van der Waals surface area (Å²) in [5.74, 6) is 0. The van der Waals surface area contributed by atoms with E-state index in [0.717, 1.165) is 19.0 Å². The van der Waals surface area contributed by atoms with Crippen LogP contribution in [-0.4, -0.2) is 53.6 Å². The molecule has 17 heavy (non-hydrogen) atoms. The number of likely N-dealkylation sites (tertiary alicyclic amines) is 1. The molecule has 2 aliphatic rings. The monoisotopic (exact) mass is 255 g/mol. The molecule has 0 amide bonds. The predicted molar refractivity (Wildman–Crippen MR) is 76.3 cm³/mol. The van der Waals surface area contributed by atoms with Gasteiger partial charge in [0.05, 0.1) is 4.99 Å². The minimum atomic E-state index is 0.662. The van der Waals surface area contributed by atoms with Crippen LogP contribution < -0.4 is 5.73 Å². The third kappa shape index (κ3) is 4.90. The molecule has 0 bridgehead atoms. The van der Waals surface area contributed by atoms with E-state index in [4.69, 9.17) is 18.0 Å². The molecule has 1 saturated carbocycles. The van der Waals surface area contributed by atoms with Gasteiger partial charge in [-0.3, -0.25) is 4.90 Å². The van der Waals surface area contributed by atoms with Crippen molar-refractivity contribution in [1.82, 2.24) is 9.80 Å². The maximum absolute atomic E-state index is 5.59. The van der Waals surface area contributed by atoms with Crippen LogP contribution in [0.25, 0.3) is 0 Å². The minimum Gasteiger partial charge on any atom is -0.393 e. The fraction of sp³-hybridized carbons (Fsp3) is 0.923.